The molecule has 1 aromatic rings. The number of benzene rings is 1. The van der Waals surface area contributed by atoms with Crippen LogP contribution in [-0.2, 0) is 9.84 Å². The minimum atomic E-state index is -2.93. The SMILES string of the molecule is CC(C)NC(=NCC1CCS(=O)(=O)C1)N1CCC(c2c(F)cccc2F)C1. The van der Waals surface area contributed by atoms with E-state index in [2.05, 4.69) is 10.3 Å². The Morgan fingerprint density at radius 2 is 2.00 bits per heavy atom. The van der Waals surface area contributed by atoms with Gasteiger partial charge in [0.1, 0.15) is 11.6 Å². The van der Waals surface area contributed by atoms with Crippen LogP contribution in [-0.4, -0.2) is 56.5 Å². The van der Waals surface area contributed by atoms with E-state index in [0.717, 1.165) is 0 Å². The third-order valence-corrected chi connectivity index (χ3v) is 6.98. The number of aliphatic imine (C=N–C) groups is 1. The van der Waals surface area contributed by atoms with Crippen LogP contribution in [0.3, 0.4) is 0 Å². The predicted molar refractivity (Wildman–Crippen MR) is 103 cm³/mol. The number of hydrogen-bond acceptors (Lipinski definition) is 3. The lowest BCUT2D eigenvalue weighted by Crippen LogP contribution is -2.43. The van der Waals surface area contributed by atoms with Crippen LogP contribution in [0, 0.1) is 17.6 Å². The second kappa shape index (κ2) is 8.12. The van der Waals surface area contributed by atoms with Gasteiger partial charge in [-0.05, 0) is 44.7 Å². The zero-order valence-electron chi connectivity index (χ0n) is 15.8. The first-order chi connectivity index (χ1) is 12.7. The maximum Gasteiger partial charge on any atom is 0.194 e. The summed E-state index contributed by atoms with van der Waals surface area (Å²) in [7, 11) is -2.93. The van der Waals surface area contributed by atoms with Gasteiger partial charge in [-0.2, -0.15) is 0 Å². The summed E-state index contributed by atoms with van der Waals surface area (Å²) >= 11 is 0. The van der Waals surface area contributed by atoms with E-state index in [-0.39, 0.29) is 34.9 Å². The first-order valence-corrected chi connectivity index (χ1v) is 11.3. The van der Waals surface area contributed by atoms with Crippen LogP contribution in [0.1, 0.15) is 38.2 Å². The van der Waals surface area contributed by atoms with Gasteiger partial charge in [-0.15, -0.1) is 0 Å². The molecule has 2 unspecified atom stereocenters. The van der Waals surface area contributed by atoms with Crippen molar-refractivity contribution in [3.8, 4) is 0 Å². The number of halogens is 2. The summed E-state index contributed by atoms with van der Waals surface area (Å²) in [6.07, 6.45) is 1.29. The van der Waals surface area contributed by atoms with Crippen LogP contribution in [0.15, 0.2) is 23.2 Å². The van der Waals surface area contributed by atoms with Crippen LogP contribution in [0.2, 0.25) is 0 Å². The molecule has 2 fully saturated rings. The van der Waals surface area contributed by atoms with Gasteiger partial charge in [-0.1, -0.05) is 6.07 Å². The molecule has 1 aromatic carbocycles. The molecule has 0 amide bonds. The summed E-state index contributed by atoms with van der Waals surface area (Å²) in [6.45, 7) is 5.59. The monoisotopic (exact) mass is 399 g/mol. The molecule has 0 bridgehead atoms. The van der Waals surface area contributed by atoms with Gasteiger partial charge in [0, 0.05) is 37.2 Å². The molecule has 0 spiro atoms. The van der Waals surface area contributed by atoms with Gasteiger partial charge in [0.2, 0.25) is 0 Å². The molecule has 2 heterocycles. The number of likely N-dealkylation sites (tertiary alicyclic amines) is 1. The molecule has 0 saturated carbocycles. The number of rotatable bonds is 4. The molecular formula is C19H27F2N3O2S. The quantitative estimate of drug-likeness (QED) is 0.624. The molecule has 2 aliphatic heterocycles. The van der Waals surface area contributed by atoms with E-state index in [0.29, 0.717) is 38.4 Å². The molecule has 2 atom stereocenters. The van der Waals surface area contributed by atoms with Crippen molar-refractivity contribution >= 4 is 15.8 Å². The zero-order chi connectivity index (χ0) is 19.6. The summed E-state index contributed by atoms with van der Waals surface area (Å²) in [4.78, 5) is 6.66. The lowest BCUT2D eigenvalue weighted by atomic mass is 9.97. The smallest absolute Gasteiger partial charge is 0.194 e. The molecule has 2 aliphatic rings. The number of sulfone groups is 1. The second-order valence-corrected chi connectivity index (χ2v) is 10.0. The molecule has 8 heteroatoms. The molecule has 2 saturated heterocycles. The van der Waals surface area contributed by atoms with Crippen molar-refractivity contribution < 1.29 is 17.2 Å². The molecule has 150 valence electrons. The Labute approximate surface area is 159 Å². The lowest BCUT2D eigenvalue weighted by molar-refractivity contribution is 0.462. The van der Waals surface area contributed by atoms with Gasteiger partial charge in [0.15, 0.2) is 15.8 Å². The van der Waals surface area contributed by atoms with Gasteiger partial charge < -0.3 is 10.2 Å². The third kappa shape index (κ3) is 4.97. The zero-order valence-corrected chi connectivity index (χ0v) is 16.6. The Kier molecular flexibility index (Phi) is 6.03. The van der Waals surface area contributed by atoms with Crippen molar-refractivity contribution in [1.29, 1.82) is 0 Å². The highest BCUT2D eigenvalue weighted by atomic mass is 32.2. The minimum Gasteiger partial charge on any atom is -0.354 e. The molecule has 3 rings (SSSR count). The van der Waals surface area contributed by atoms with Crippen molar-refractivity contribution in [3.63, 3.8) is 0 Å². The topological polar surface area (TPSA) is 61.8 Å². The van der Waals surface area contributed by atoms with Crippen LogP contribution < -0.4 is 5.32 Å². The second-order valence-electron chi connectivity index (χ2n) is 7.80. The number of nitrogens with zero attached hydrogens (tertiary/aromatic N) is 2. The van der Waals surface area contributed by atoms with E-state index in [4.69, 9.17) is 0 Å². The molecule has 5 nitrogen and oxygen atoms in total. The number of nitrogens with one attached hydrogen (secondary N) is 1. The Morgan fingerprint density at radius 3 is 2.59 bits per heavy atom. The largest absolute Gasteiger partial charge is 0.354 e. The first-order valence-electron chi connectivity index (χ1n) is 9.45. The Morgan fingerprint density at radius 1 is 1.30 bits per heavy atom. The maximum atomic E-state index is 14.1. The van der Waals surface area contributed by atoms with Crippen LogP contribution in [0.5, 0.6) is 0 Å². The number of guanidine groups is 1. The average molecular weight is 400 g/mol. The van der Waals surface area contributed by atoms with Crippen LogP contribution in [0.25, 0.3) is 0 Å². The van der Waals surface area contributed by atoms with E-state index >= 15 is 0 Å². The van der Waals surface area contributed by atoms with Gasteiger partial charge in [0.05, 0.1) is 11.5 Å². The Hall–Kier alpha value is -1.70. The fourth-order valence-electron chi connectivity index (χ4n) is 3.82. The van der Waals surface area contributed by atoms with Crippen molar-refractivity contribution in [1.82, 2.24) is 10.2 Å². The molecule has 0 radical (unpaired) electrons. The predicted octanol–water partition coefficient (Wildman–Crippen LogP) is 2.54. The van der Waals surface area contributed by atoms with E-state index in [1.807, 2.05) is 18.7 Å². The summed E-state index contributed by atoms with van der Waals surface area (Å²) in [5.41, 5.74) is 0.144. The average Bonchev–Trinajstić information content (AvgIpc) is 3.18. The fourth-order valence-corrected chi connectivity index (χ4v) is 5.67. The van der Waals surface area contributed by atoms with Gasteiger partial charge in [-0.3, -0.25) is 4.99 Å². The number of hydrogen-bond donors (Lipinski definition) is 1. The normalized spacial score (nSPS) is 25.4. The van der Waals surface area contributed by atoms with Crippen molar-refractivity contribution in [2.24, 2.45) is 10.9 Å². The standard InChI is InChI=1S/C19H27F2N3O2S/c1-13(2)23-19(22-10-14-7-9-27(25,26)12-14)24-8-6-15(11-24)18-16(20)4-3-5-17(18)21/h3-5,13-15H,6-12H2,1-2H3,(H,22,23). The molecule has 1 N–H and O–H groups in total. The molecular weight excluding hydrogens is 372 g/mol. The van der Waals surface area contributed by atoms with Gasteiger partial charge in [0.25, 0.3) is 0 Å². The molecule has 0 aliphatic carbocycles. The van der Waals surface area contributed by atoms with E-state index < -0.39 is 21.5 Å². The minimum absolute atomic E-state index is 0.0429. The lowest BCUT2D eigenvalue weighted by Gasteiger charge is -2.24. The Balaban J connectivity index is 1.71. The maximum absolute atomic E-state index is 14.1. The fraction of sp³-hybridized carbons (Fsp3) is 0.632. The third-order valence-electron chi connectivity index (χ3n) is 5.14. The molecule has 27 heavy (non-hydrogen) atoms. The first kappa shape index (κ1) is 20.0. The highest BCUT2D eigenvalue weighted by Crippen LogP contribution is 2.31. The van der Waals surface area contributed by atoms with E-state index in [1.54, 1.807) is 0 Å². The summed E-state index contributed by atoms with van der Waals surface area (Å²) in [6, 6.07) is 4.12. The summed E-state index contributed by atoms with van der Waals surface area (Å²) in [5.74, 6) is -0.0821. The Bertz CT molecular complexity index is 791. The molecule has 0 aromatic heterocycles. The van der Waals surface area contributed by atoms with E-state index in [1.165, 1.54) is 18.2 Å². The summed E-state index contributed by atoms with van der Waals surface area (Å²) in [5, 5.41) is 3.31. The summed E-state index contributed by atoms with van der Waals surface area (Å²) < 4.78 is 51.5. The van der Waals surface area contributed by atoms with Gasteiger partial charge >= 0.3 is 0 Å². The van der Waals surface area contributed by atoms with Crippen molar-refractivity contribution in [3.05, 3.63) is 35.4 Å². The van der Waals surface area contributed by atoms with E-state index in [9.17, 15) is 17.2 Å². The van der Waals surface area contributed by atoms with Crippen molar-refractivity contribution in [2.45, 2.75) is 38.6 Å². The highest BCUT2D eigenvalue weighted by molar-refractivity contribution is 7.91. The van der Waals surface area contributed by atoms with Crippen LogP contribution >= 0.6 is 0 Å². The highest BCUT2D eigenvalue weighted by Gasteiger charge is 2.31. The van der Waals surface area contributed by atoms with Crippen molar-refractivity contribution in [2.75, 3.05) is 31.1 Å². The van der Waals surface area contributed by atoms with Gasteiger partial charge in [-0.25, -0.2) is 17.2 Å². The van der Waals surface area contributed by atoms with Crippen LogP contribution in [0.4, 0.5) is 8.78 Å².